The lowest BCUT2D eigenvalue weighted by Gasteiger charge is -2.23. The zero-order valence-corrected chi connectivity index (χ0v) is 13.7. The molecular formula is C17H30N2O2. The molecule has 0 aromatic heterocycles. The summed E-state index contributed by atoms with van der Waals surface area (Å²) in [7, 11) is 0. The van der Waals surface area contributed by atoms with E-state index in [-0.39, 0.29) is 6.09 Å². The molecule has 0 heterocycles. The Hall–Kier alpha value is -1.21. The maximum atomic E-state index is 11.7. The fourth-order valence-corrected chi connectivity index (χ4v) is 2.72. The number of ether oxygens (including phenoxy) is 1. The van der Waals surface area contributed by atoms with Gasteiger partial charge < -0.3 is 15.4 Å². The summed E-state index contributed by atoms with van der Waals surface area (Å²) in [6.07, 6.45) is 11.6. The minimum Gasteiger partial charge on any atom is -0.444 e. The number of amides is 1. The van der Waals surface area contributed by atoms with Gasteiger partial charge in [-0.1, -0.05) is 6.42 Å². The molecule has 1 saturated carbocycles. The largest absolute Gasteiger partial charge is 0.444 e. The van der Waals surface area contributed by atoms with Crippen LogP contribution in [0.5, 0.6) is 0 Å². The Kier molecular flexibility index (Phi) is 7.60. The first-order valence-corrected chi connectivity index (χ1v) is 8.06. The van der Waals surface area contributed by atoms with Crippen molar-refractivity contribution >= 4 is 6.09 Å². The highest BCUT2D eigenvalue weighted by molar-refractivity contribution is 5.67. The third kappa shape index (κ3) is 7.96. The van der Waals surface area contributed by atoms with Gasteiger partial charge in [0.25, 0.3) is 0 Å². The summed E-state index contributed by atoms with van der Waals surface area (Å²) in [5.74, 6) is 3.17. The minimum absolute atomic E-state index is 0.317. The number of carbonyl (C=O) groups is 1. The summed E-state index contributed by atoms with van der Waals surface area (Å²) in [6, 6.07) is 0.505. The molecule has 1 fully saturated rings. The Bertz CT molecular complexity index is 355. The molecule has 0 radical (unpaired) electrons. The molecule has 120 valence electrons. The minimum atomic E-state index is -0.436. The van der Waals surface area contributed by atoms with E-state index in [1.54, 1.807) is 0 Å². The summed E-state index contributed by atoms with van der Waals surface area (Å²) in [4.78, 5) is 11.7. The molecule has 4 nitrogen and oxygen atoms in total. The maximum absolute atomic E-state index is 11.7. The fourth-order valence-electron chi connectivity index (χ4n) is 2.72. The van der Waals surface area contributed by atoms with Crippen LogP contribution in [0.15, 0.2) is 0 Å². The average molecular weight is 294 g/mol. The van der Waals surface area contributed by atoms with Gasteiger partial charge in [0.15, 0.2) is 0 Å². The Labute approximate surface area is 129 Å². The molecule has 0 aromatic rings. The summed E-state index contributed by atoms with van der Waals surface area (Å²) in [5.41, 5.74) is -0.436. The van der Waals surface area contributed by atoms with Gasteiger partial charge in [-0.25, -0.2) is 4.79 Å². The van der Waals surface area contributed by atoms with E-state index in [1.807, 2.05) is 20.8 Å². The van der Waals surface area contributed by atoms with Crippen LogP contribution >= 0.6 is 0 Å². The maximum Gasteiger partial charge on any atom is 0.407 e. The monoisotopic (exact) mass is 294 g/mol. The van der Waals surface area contributed by atoms with Crippen LogP contribution in [0.2, 0.25) is 0 Å². The lowest BCUT2D eigenvalue weighted by atomic mass is 10.0. The SMILES string of the molecule is C#CCCCCNC1CCCC1CNC(=O)OC(C)(C)C. The van der Waals surface area contributed by atoms with Crippen molar-refractivity contribution in [3.05, 3.63) is 0 Å². The van der Waals surface area contributed by atoms with Crippen LogP contribution in [0.3, 0.4) is 0 Å². The van der Waals surface area contributed by atoms with E-state index in [0.717, 1.165) is 32.2 Å². The number of hydrogen-bond donors (Lipinski definition) is 2. The molecule has 21 heavy (non-hydrogen) atoms. The number of alkyl carbamates (subject to hydrolysis) is 1. The molecule has 0 bridgehead atoms. The van der Waals surface area contributed by atoms with Gasteiger partial charge in [-0.05, 0) is 58.9 Å². The van der Waals surface area contributed by atoms with E-state index < -0.39 is 5.60 Å². The molecule has 0 saturated heterocycles. The molecule has 2 atom stereocenters. The Morgan fingerprint density at radius 1 is 1.33 bits per heavy atom. The van der Waals surface area contributed by atoms with E-state index in [4.69, 9.17) is 11.2 Å². The average Bonchev–Trinajstić information content (AvgIpc) is 2.81. The van der Waals surface area contributed by atoms with Gasteiger partial charge in [-0.15, -0.1) is 12.3 Å². The van der Waals surface area contributed by atoms with Crippen molar-refractivity contribution in [1.82, 2.24) is 10.6 Å². The van der Waals surface area contributed by atoms with Crippen molar-refractivity contribution in [3.63, 3.8) is 0 Å². The zero-order valence-electron chi connectivity index (χ0n) is 13.7. The number of rotatable bonds is 7. The van der Waals surface area contributed by atoms with Gasteiger partial charge in [0.1, 0.15) is 5.60 Å². The van der Waals surface area contributed by atoms with Gasteiger partial charge in [0.2, 0.25) is 0 Å². The van der Waals surface area contributed by atoms with E-state index in [2.05, 4.69) is 16.6 Å². The van der Waals surface area contributed by atoms with Crippen molar-refractivity contribution < 1.29 is 9.53 Å². The third-order valence-corrected chi connectivity index (χ3v) is 3.72. The van der Waals surface area contributed by atoms with E-state index in [0.29, 0.717) is 18.5 Å². The van der Waals surface area contributed by atoms with E-state index in [9.17, 15) is 4.79 Å². The van der Waals surface area contributed by atoms with Crippen molar-refractivity contribution in [2.75, 3.05) is 13.1 Å². The molecule has 1 aliphatic carbocycles. The van der Waals surface area contributed by atoms with Crippen LogP contribution in [-0.4, -0.2) is 30.8 Å². The Balaban J connectivity index is 2.21. The molecule has 0 spiro atoms. The van der Waals surface area contributed by atoms with E-state index in [1.165, 1.54) is 12.8 Å². The quantitative estimate of drug-likeness (QED) is 0.560. The number of unbranched alkanes of at least 4 members (excludes halogenated alkanes) is 2. The highest BCUT2D eigenvalue weighted by Gasteiger charge is 2.27. The van der Waals surface area contributed by atoms with Crippen molar-refractivity contribution in [2.45, 2.75) is 70.9 Å². The first-order valence-electron chi connectivity index (χ1n) is 8.06. The Morgan fingerprint density at radius 3 is 2.76 bits per heavy atom. The van der Waals surface area contributed by atoms with Crippen molar-refractivity contribution in [1.29, 1.82) is 0 Å². The second-order valence-corrected chi connectivity index (χ2v) is 6.80. The summed E-state index contributed by atoms with van der Waals surface area (Å²) >= 11 is 0. The van der Waals surface area contributed by atoms with Crippen LogP contribution in [-0.2, 0) is 4.74 Å². The van der Waals surface area contributed by atoms with Crippen LogP contribution in [0, 0.1) is 18.3 Å². The molecule has 1 amide bonds. The van der Waals surface area contributed by atoms with Crippen LogP contribution in [0.25, 0.3) is 0 Å². The first-order chi connectivity index (χ1) is 9.92. The summed E-state index contributed by atoms with van der Waals surface area (Å²) in [6.45, 7) is 7.33. The van der Waals surface area contributed by atoms with Gasteiger partial charge in [-0.2, -0.15) is 0 Å². The molecule has 1 aliphatic rings. The number of nitrogens with one attached hydrogen (secondary N) is 2. The first kappa shape index (κ1) is 17.8. The predicted molar refractivity (Wildman–Crippen MR) is 86.1 cm³/mol. The van der Waals surface area contributed by atoms with Crippen LogP contribution in [0.4, 0.5) is 4.79 Å². The molecule has 0 aromatic carbocycles. The second-order valence-electron chi connectivity index (χ2n) is 6.80. The number of terminal acetylenes is 1. The fraction of sp³-hybridized carbons (Fsp3) is 0.824. The van der Waals surface area contributed by atoms with E-state index >= 15 is 0 Å². The normalized spacial score (nSPS) is 21.8. The molecular weight excluding hydrogens is 264 g/mol. The third-order valence-electron chi connectivity index (χ3n) is 3.72. The molecule has 1 rings (SSSR count). The summed E-state index contributed by atoms with van der Waals surface area (Å²) in [5, 5.41) is 6.50. The highest BCUT2D eigenvalue weighted by atomic mass is 16.6. The van der Waals surface area contributed by atoms with Crippen molar-refractivity contribution in [2.24, 2.45) is 5.92 Å². The van der Waals surface area contributed by atoms with Crippen LogP contribution < -0.4 is 10.6 Å². The van der Waals surface area contributed by atoms with Gasteiger partial charge in [0, 0.05) is 19.0 Å². The topological polar surface area (TPSA) is 50.4 Å². The number of carbonyl (C=O) groups excluding carboxylic acids is 1. The molecule has 2 unspecified atom stereocenters. The highest BCUT2D eigenvalue weighted by Crippen LogP contribution is 2.25. The van der Waals surface area contributed by atoms with Crippen LogP contribution in [0.1, 0.15) is 59.3 Å². The van der Waals surface area contributed by atoms with Crippen molar-refractivity contribution in [3.8, 4) is 12.3 Å². The molecule has 4 heteroatoms. The standard InChI is InChI=1S/C17H30N2O2/c1-5-6-7-8-12-18-15-11-9-10-14(15)13-19-16(20)21-17(2,3)4/h1,14-15,18H,6-13H2,2-4H3,(H,19,20). The van der Waals surface area contributed by atoms with Gasteiger partial charge >= 0.3 is 6.09 Å². The van der Waals surface area contributed by atoms with Gasteiger partial charge in [-0.3, -0.25) is 0 Å². The summed E-state index contributed by atoms with van der Waals surface area (Å²) < 4.78 is 5.27. The molecule has 0 aliphatic heterocycles. The lowest BCUT2D eigenvalue weighted by Crippen LogP contribution is -2.41. The lowest BCUT2D eigenvalue weighted by molar-refractivity contribution is 0.0517. The second kappa shape index (κ2) is 8.94. The zero-order chi connectivity index (χ0) is 15.7. The van der Waals surface area contributed by atoms with Gasteiger partial charge in [0.05, 0.1) is 0 Å². The predicted octanol–water partition coefficient (Wildman–Crippen LogP) is 3.07. The Morgan fingerprint density at radius 2 is 2.10 bits per heavy atom. The molecule has 2 N–H and O–H groups in total. The smallest absolute Gasteiger partial charge is 0.407 e. The number of hydrogen-bond acceptors (Lipinski definition) is 3.